The molecule has 1 atom stereocenters. The highest BCUT2D eigenvalue weighted by atomic mass is 79.9. The van der Waals surface area contributed by atoms with Gasteiger partial charge in [0.05, 0.1) is 19.1 Å². The van der Waals surface area contributed by atoms with Crippen LogP contribution in [0.5, 0.6) is 11.5 Å². The molecule has 0 spiro atoms. The predicted octanol–water partition coefficient (Wildman–Crippen LogP) is 4.30. The van der Waals surface area contributed by atoms with Crippen LogP contribution < -0.4 is 9.47 Å². The number of carbonyl (C=O) groups excluding carboxylic acids is 1. The molecule has 1 unspecified atom stereocenters. The van der Waals surface area contributed by atoms with Crippen LogP contribution in [0.2, 0.25) is 0 Å². The summed E-state index contributed by atoms with van der Waals surface area (Å²) >= 11 is 3.31. The quantitative estimate of drug-likeness (QED) is 0.809. The molecule has 0 aromatic heterocycles. The Morgan fingerprint density at radius 3 is 2.81 bits per heavy atom. The summed E-state index contributed by atoms with van der Waals surface area (Å²) in [5.41, 5.74) is 1.27. The molecule has 0 fully saturated rings. The minimum atomic E-state index is -0.423. The first-order valence-corrected chi connectivity index (χ1v) is 7.20. The number of Topliss-reactive ketones (excluding diaryl/α,β-unsaturated/α-hetero) is 1. The highest BCUT2D eigenvalue weighted by molar-refractivity contribution is 9.10. The molecule has 5 heteroatoms. The molecule has 108 valence electrons. The molecule has 1 aliphatic heterocycles. The van der Waals surface area contributed by atoms with Crippen molar-refractivity contribution in [1.29, 1.82) is 0 Å². The number of hydrogen-bond donors (Lipinski definition) is 0. The van der Waals surface area contributed by atoms with E-state index in [0.29, 0.717) is 21.5 Å². The van der Waals surface area contributed by atoms with Gasteiger partial charge in [-0.05, 0) is 30.3 Å². The van der Waals surface area contributed by atoms with Gasteiger partial charge in [-0.15, -0.1) is 0 Å². The van der Waals surface area contributed by atoms with Crippen LogP contribution in [0.25, 0.3) is 0 Å². The summed E-state index contributed by atoms with van der Waals surface area (Å²) in [6.07, 6.45) is -0.210. The highest BCUT2D eigenvalue weighted by Gasteiger charge is 2.29. The lowest BCUT2D eigenvalue weighted by Crippen LogP contribution is -2.20. The Labute approximate surface area is 129 Å². The average Bonchev–Trinajstić information content (AvgIpc) is 2.47. The van der Waals surface area contributed by atoms with Crippen LogP contribution in [-0.4, -0.2) is 12.9 Å². The molecule has 0 N–H and O–H groups in total. The monoisotopic (exact) mass is 350 g/mol. The second-order valence-corrected chi connectivity index (χ2v) is 5.62. The second-order valence-electron chi connectivity index (χ2n) is 4.76. The van der Waals surface area contributed by atoms with Gasteiger partial charge in [0.15, 0.2) is 5.78 Å². The number of hydrogen-bond acceptors (Lipinski definition) is 3. The topological polar surface area (TPSA) is 35.5 Å². The zero-order chi connectivity index (χ0) is 15.0. The number of benzene rings is 2. The molecule has 0 aliphatic carbocycles. The van der Waals surface area contributed by atoms with Gasteiger partial charge < -0.3 is 9.47 Å². The normalized spacial score (nSPS) is 17.1. The summed E-state index contributed by atoms with van der Waals surface area (Å²) in [6.45, 7) is 0. The first kappa shape index (κ1) is 14.1. The Bertz CT molecular complexity index is 715. The summed E-state index contributed by atoms with van der Waals surface area (Å²) in [5.74, 6) is 0.787. The summed E-state index contributed by atoms with van der Waals surface area (Å²) in [7, 11) is 1.55. The van der Waals surface area contributed by atoms with Gasteiger partial charge in [0.2, 0.25) is 0 Å². The van der Waals surface area contributed by atoms with Crippen LogP contribution in [0.4, 0.5) is 4.39 Å². The second kappa shape index (κ2) is 5.48. The SMILES string of the molecule is COc1ccc2c(c1)C(=O)CC(c1ccc(F)cc1Br)O2. The van der Waals surface area contributed by atoms with Crippen LogP contribution in [0, 0.1) is 5.82 Å². The number of fused-ring (bicyclic) bond motifs is 1. The van der Waals surface area contributed by atoms with E-state index in [1.165, 1.54) is 12.1 Å². The van der Waals surface area contributed by atoms with Crippen molar-refractivity contribution >= 4 is 21.7 Å². The van der Waals surface area contributed by atoms with E-state index >= 15 is 0 Å². The molecule has 3 rings (SSSR count). The van der Waals surface area contributed by atoms with Crippen LogP contribution >= 0.6 is 15.9 Å². The lowest BCUT2D eigenvalue weighted by molar-refractivity contribution is 0.0848. The average molecular weight is 351 g/mol. The van der Waals surface area contributed by atoms with Gasteiger partial charge in [-0.3, -0.25) is 4.79 Å². The molecule has 21 heavy (non-hydrogen) atoms. The Kier molecular flexibility index (Phi) is 3.68. The summed E-state index contributed by atoms with van der Waals surface area (Å²) in [6, 6.07) is 9.49. The van der Waals surface area contributed by atoms with E-state index in [9.17, 15) is 9.18 Å². The van der Waals surface area contributed by atoms with Crippen LogP contribution in [-0.2, 0) is 0 Å². The van der Waals surface area contributed by atoms with E-state index in [1.807, 2.05) is 0 Å². The van der Waals surface area contributed by atoms with Gasteiger partial charge in [0, 0.05) is 10.0 Å². The lowest BCUT2D eigenvalue weighted by Gasteiger charge is -2.26. The number of rotatable bonds is 2. The third-order valence-corrected chi connectivity index (χ3v) is 4.12. The van der Waals surface area contributed by atoms with Crippen LogP contribution in [0.15, 0.2) is 40.9 Å². The fourth-order valence-corrected chi connectivity index (χ4v) is 2.97. The van der Waals surface area contributed by atoms with Crippen molar-refractivity contribution in [1.82, 2.24) is 0 Å². The summed E-state index contributed by atoms with van der Waals surface area (Å²) in [4.78, 5) is 12.3. The van der Waals surface area contributed by atoms with Gasteiger partial charge >= 0.3 is 0 Å². The predicted molar refractivity (Wildman–Crippen MR) is 79.4 cm³/mol. The standard InChI is InChI=1S/C16H12BrFO3/c1-20-10-3-5-15-12(7-10)14(19)8-16(21-15)11-4-2-9(18)6-13(11)17/h2-7,16H,8H2,1H3. The number of carbonyl (C=O) groups is 1. The molecule has 0 amide bonds. The van der Waals surface area contributed by atoms with Crippen molar-refractivity contribution in [2.24, 2.45) is 0 Å². The first-order chi connectivity index (χ1) is 10.1. The van der Waals surface area contributed by atoms with Gasteiger partial charge in [0.1, 0.15) is 23.4 Å². The van der Waals surface area contributed by atoms with Crippen molar-refractivity contribution in [2.45, 2.75) is 12.5 Å². The van der Waals surface area contributed by atoms with E-state index < -0.39 is 6.10 Å². The Morgan fingerprint density at radius 1 is 1.29 bits per heavy atom. The van der Waals surface area contributed by atoms with Crippen molar-refractivity contribution in [3.05, 3.63) is 57.8 Å². The highest BCUT2D eigenvalue weighted by Crippen LogP contribution is 2.38. The van der Waals surface area contributed by atoms with Crippen LogP contribution in [0.3, 0.4) is 0 Å². The van der Waals surface area contributed by atoms with Gasteiger partial charge in [0.25, 0.3) is 0 Å². The van der Waals surface area contributed by atoms with Gasteiger partial charge in [-0.25, -0.2) is 4.39 Å². The molecule has 0 saturated heterocycles. The maximum atomic E-state index is 13.2. The zero-order valence-electron chi connectivity index (χ0n) is 11.2. The van der Waals surface area contributed by atoms with Crippen molar-refractivity contribution in [2.75, 3.05) is 7.11 Å². The Balaban J connectivity index is 1.96. The van der Waals surface area contributed by atoms with Crippen molar-refractivity contribution in [3.63, 3.8) is 0 Å². The molecule has 2 aromatic carbocycles. The third kappa shape index (κ3) is 2.65. The summed E-state index contributed by atoms with van der Waals surface area (Å²) < 4.78 is 24.8. The fourth-order valence-electron chi connectivity index (χ4n) is 2.37. The first-order valence-electron chi connectivity index (χ1n) is 6.41. The third-order valence-electron chi connectivity index (χ3n) is 3.44. The van der Waals surface area contributed by atoms with Crippen molar-refractivity contribution in [3.8, 4) is 11.5 Å². The minimum absolute atomic E-state index is 0.0172. The van der Waals surface area contributed by atoms with E-state index in [1.54, 1.807) is 31.4 Å². The van der Waals surface area contributed by atoms with E-state index in [0.717, 1.165) is 5.56 Å². The molecule has 1 aliphatic rings. The molecule has 0 radical (unpaired) electrons. The fraction of sp³-hybridized carbons (Fsp3) is 0.188. The molecule has 3 nitrogen and oxygen atoms in total. The number of halogens is 2. The van der Waals surface area contributed by atoms with Crippen molar-refractivity contribution < 1.29 is 18.7 Å². The maximum absolute atomic E-state index is 13.2. The number of ether oxygens (including phenoxy) is 2. The number of methoxy groups -OCH3 is 1. The molecule has 0 saturated carbocycles. The van der Waals surface area contributed by atoms with Gasteiger partial charge in [-0.1, -0.05) is 22.0 Å². The van der Waals surface area contributed by atoms with E-state index in [-0.39, 0.29) is 18.0 Å². The Hall–Kier alpha value is -1.88. The molecule has 2 aromatic rings. The molecular weight excluding hydrogens is 339 g/mol. The number of ketones is 1. The minimum Gasteiger partial charge on any atom is -0.497 e. The zero-order valence-corrected chi connectivity index (χ0v) is 12.8. The Morgan fingerprint density at radius 2 is 2.10 bits per heavy atom. The van der Waals surface area contributed by atoms with E-state index in [4.69, 9.17) is 9.47 Å². The van der Waals surface area contributed by atoms with E-state index in [2.05, 4.69) is 15.9 Å². The maximum Gasteiger partial charge on any atom is 0.170 e. The molecule has 1 heterocycles. The van der Waals surface area contributed by atoms with Crippen LogP contribution in [0.1, 0.15) is 28.4 Å². The smallest absolute Gasteiger partial charge is 0.170 e. The molecular formula is C16H12BrFO3. The lowest BCUT2D eigenvalue weighted by atomic mass is 9.96. The molecule has 0 bridgehead atoms. The largest absolute Gasteiger partial charge is 0.497 e. The summed E-state index contributed by atoms with van der Waals surface area (Å²) in [5, 5.41) is 0. The van der Waals surface area contributed by atoms with Gasteiger partial charge in [-0.2, -0.15) is 0 Å².